The van der Waals surface area contributed by atoms with Crippen LogP contribution in [0.15, 0.2) is 71.6 Å². The fraction of sp³-hybridized carbons (Fsp3) is 0.355. The maximum absolute atomic E-state index is 14.0. The van der Waals surface area contributed by atoms with E-state index in [4.69, 9.17) is 11.6 Å². The summed E-state index contributed by atoms with van der Waals surface area (Å²) in [4.78, 5) is 28.7. The average Bonchev–Trinajstić information content (AvgIpc) is 2.92. The Hall–Kier alpha value is -3.36. The van der Waals surface area contributed by atoms with Crippen molar-refractivity contribution in [1.29, 1.82) is 0 Å². The standard InChI is InChI=1S/C31H38ClN3O4S/c1-7-23(4)33-31(37)25(6)34(19-26-15-11-21(2)12-16-26)30(36)20-35(29-10-8-9-28(32)24(29)5)40(38,39)27-17-13-22(3)14-18-27/h8-18,23,25H,7,19-20H2,1-6H3,(H,33,37). The van der Waals surface area contributed by atoms with Crippen LogP contribution in [0.2, 0.25) is 5.02 Å². The third kappa shape index (κ3) is 7.43. The van der Waals surface area contributed by atoms with E-state index in [0.717, 1.165) is 27.4 Å². The number of hydrogen-bond acceptors (Lipinski definition) is 4. The van der Waals surface area contributed by atoms with Crippen LogP contribution in [0.5, 0.6) is 0 Å². The van der Waals surface area contributed by atoms with Crippen LogP contribution in [-0.2, 0) is 26.2 Å². The van der Waals surface area contributed by atoms with Crippen LogP contribution in [0, 0.1) is 20.8 Å². The number of carbonyl (C=O) groups is 2. The SMILES string of the molecule is CCC(C)NC(=O)C(C)N(Cc1ccc(C)cc1)C(=O)CN(c1cccc(Cl)c1C)S(=O)(=O)c1ccc(C)cc1. The van der Waals surface area contributed by atoms with Crippen molar-refractivity contribution in [3.63, 3.8) is 0 Å². The molecule has 0 aliphatic heterocycles. The lowest BCUT2D eigenvalue weighted by Gasteiger charge is -2.33. The number of sulfonamides is 1. The van der Waals surface area contributed by atoms with Crippen molar-refractivity contribution < 1.29 is 18.0 Å². The predicted molar refractivity (Wildman–Crippen MR) is 161 cm³/mol. The Labute approximate surface area is 243 Å². The second-order valence-electron chi connectivity index (χ2n) is 10.2. The average molecular weight is 584 g/mol. The zero-order chi connectivity index (χ0) is 29.6. The molecule has 3 aromatic rings. The van der Waals surface area contributed by atoms with Crippen LogP contribution in [0.3, 0.4) is 0 Å². The number of hydrogen-bond donors (Lipinski definition) is 1. The summed E-state index contributed by atoms with van der Waals surface area (Å²) >= 11 is 6.38. The van der Waals surface area contributed by atoms with Gasteiger partial charge >= 0.3 is 0 Å². The summed E-state index contributed by atoms with van der Waals surface area (Å²) in [7, 11) is -4.16. The predicted octanol–water partition coefficient (Wildman–Crippen LogP) is 5.79. The van der Waals surface area contributed by atoms with Gasteiger partial charge in [-0.2, -0.15) is 0 Å². The van der Waals surface area contributed by atoms with Gasteiger partial charge in [-0.3, -0.25) is 13.9 Å². The molecular weight excluding hydrogens is 546 g/mol. The highest BCUT2D eigenvalue weighted by Crippen LogP contribution is 2.31. The zero-order valence-corrected chi connectivity index (χ0v) is 25.5. The number of carbonyl (C=O) groups excluding carboxylic acids is 2. The summed E-state index contributed by atoms with van der Waals surface area (Å²) in [5.74, 6) is -0.816. The molecule has 1 N–H and O–H groups in total. The van der Waals surface area contributed by atoms with E-state index in [1.54, 1.807) is 44.2 Å². The quantitative estimate of drug-likeness (QED) is 0.309. The smallest absolute Gasteiger partial charge is 0.264 e. The lowest BCUT2D eigenvalue weighted by atomic mass is 10.1. The first-order valence-corrected chi connectivity index (χ1v) is 15.2. The number of amides is 2. The molecule has 3 aromatic carbocycles. The number of rotatable bonds is 11. The molecular formula is C31H38ClN3O4S. The molecule has 0 aliphatic rings. The Morgan fingerprint density at radius 2 is 1.48 bits per heavy atom. The number of nitrogens with one attached hydrogen (secondary N) is 1. The van der Waals surface area contributed by atoms with Crippen molar-refractivity contribution in [2.45, 2.75) is 71.5 Å². The Bertz CT molecular complexity index is 1440. The summed E-state index contributed by atoms with van der Waals surface area (Å²) in [5.41, 5.74) is 3.63. The maximum Gasteiger partial charge on any atom is 0.264 e. The Balaban J connectivity index is 2.06. The largest absolute Gasteiger partial charge is 0.352 e. The molecule has 2 unspecified atom stereocenters. The van der Waals surface area contributed by atoms with E-state index < -0.39 is 28.5 Å². The molecule has 2 amide bonds. The van der Waals surface area contributed by atoms with Crippen LogP contribution in [0.4, 0.5) is 5.69 Å². The highest BCUT2D eigenvalue weighted by Gasteiger charge is 2.33. The van der Waals surface area contributed by atoms with Gasteiger partial charge in [0.1, 0.15) is 12.6 Å². The molecule has 0 fully saturated rings. The Morgan fingerprint density at radius 1 is 0.900 bits per heavy atom. The first-order valence-electron chi connectivity index (χ1n) is 13.3. The summed E-state index contributed by atoms with van der Waals surface area (Å²) in [5, 5.41) is 3.32. The van der Waals surface area contributed by atoms with Crippen LogP contribution >= 0.6 is 11.6 Å². The molecule has 0 saturated carbocycles. The fourth-order valence-corrected chi connectivity index (χ4v) is 5.80. The third-order valence-corrected chi connectivity index (χ3v) is 9.22. The fourth-order valence-electron chi connectivity index (χ4n) is 4.16. The molecule has 214 valence electrons. The van der Waals surface area contributed by atoms with Crippen molar-refractivity contribution in [3.8, 4) is 0 Å². The molecule has 3 rings (SSSR count). The Morgan fingerprint density at radius 3 is 2.05 bits per heavy atom. The lowest BCUT2D eigenvalue weighted by molar-refractivity contribution is -0.139. The number of aryl methyl sites for hydroxylation is 2. The Kier molecular flexibility index (Phi) is 10.4. The summed E-state index contributed by atoms with van der Waals surface area (Å²) in [6.45, 7) is 10.7. The van der Waals surface area contributed by atoms with Gasteiger partial charge in [-0.25, -0.2) is 8.42 Å². The zero-order valence-electron chi connectivity index (χ0n) is 23.9. The molecule has 0 saturated heterocycles. The highest BCUT2D eigenvalue weighted by atomic mass is 35.5. The summed E-state index contributed by atoms with van der Waals surface area (Å²) in [6.07, 6.45) is 0.737. The first-order chi connectivity index (χ1) is 18.8. The second kappa shape index (κ2) is 13.3. The monoisotopic (exact) mass is 583 g/mol. The number of nitrogens with zero attached hydrogens (tertiary/aromatic N) is 2. The highest BCUT2D eigenvalue weighted by molar-refractivity contribution is 7.92. The van der Waals surface area contributed by atoms with Crippen molar-refractivity contribution >= 4 is 39.1 Å². The van der Waals surface area contributed by atoms with E-state index in [2.05, 4.69) is 5.32 Å². The number of benzene rings is 3. The molecule has 7 nitrogen and oxygen atoms in total. The van der Waals surface area contributed by atoms with Gasteiger partial charge in [-0.1, -0.05) is 72.1 Å². The molecule has 0 spiro atoms. The van der Waals surface area contributed by atoms with Gasteiger partial charge in [0.05, 0.1) is 10.6 Å². The molecule has 0 heterocycles. The van der Waals surface area contributed by atoms with E-state index in [0.29, 0.717) is 16.3 Å². The number of halogens is 1. The van der Waals surface area contributed by atoms with E-state index >= 15 is 0 Å². The second-order valence-corrected chi connectivity index (χ2v) is 12.5. The lowest BCUT2D eigenvalue weighted by Crippen LogP contribution is -2.52. The van der Waals surface area contributed by atoms with Crippen LogP contribution in [0.25, 0.3) is 0 Å². The van der Waals surface area contributed by atoms with Crippen molar-refractivity contribution in [2.24, 2.45) is 0 Å². The van der Waals surface area contributed by atoms with Gasteiger partial charge in [-0.15, -0.1) is 0 Å². The molecule has 0 bridgehead atoms. The van der Waals surface area contributed by atoms with Gasteiger partial charge < -0.3 is 10.2 Å². The third-order valence-electron chi connectivity index (χ3n) is 7.04. The van der Waals surface area contributed by atoms with E-state index in [1.807, 2.05) is 52.0 Å². The van der Waals surface area contributed by atoms with Crippen molar-refractivity contribution in [3.05, 3.63) is 94.0 Å². The molecule has 2 atom stereocenters. The molecule has 0 radical (unpaired) electrons. The van der Waals surface area contributed by atoms with Gasteiger partial charge in [-0.05, 0) is 76.4 Å². The summed E-state index contributed by atoms with van der Waals surface area (Å²) < 4.78 is 29.1. The van der Waals surface area contributed by atoms with Gasteiger partial charge in [0.25, 0.3) is 10.0 Å². The van der Waals surface area contributed by atoms with Crippen LogP contribution in [-0.4, -0.2) is 43.8 Å². The number of anilines is 1. The van der Waals surface area contributed by atoms with E-state index in [-0.39, 0.29) is 23.4 Å². The summed E-state index contributed by atoms with van der Waals surface area (Å²) in [6, 6.07) is 18.2. The van der Waals surface area contributed by atoms with Gasteiger partial charge in [0.2, 0.25) is 11.8 Å². The minimum absolute atomic E-state index is 0.0536. The molecule has 9 heteroatoms. The first kappa shape index (κ1) is 31.2. The van der Waals surface area contributed by atoms with Crippen molar-refractivity contribution in [2.75, 3.05) is 10.8 Å². The topological polar surface area (TPSA) is 86.8 Å². The van der Waals surface area contributed by atoms with Gasteiger partial charge in [0, 0.05) is 17.6 Å². The normalized spacial score (nSPS) is 12.9. The van der Waals surface area contributed by atoms with Gasteiger partial charge in [0.15, 0.2) is 0 Å². The van der Waals surface area contributed by atoms with Crippen LogP contribution < -0.4 is 9.62 Å². The van der Waals surface area contributed by atoms with E-state index in [9.17, 15) is 18.0 Å². The molecule has 0 aromatic heterocycles. The van der Waals surface area contributed by atoms with Crippen LogP contribution in [0.1, 0.15) is 49.4 Å². The van der Waals surface area contributed by atoms with Crippen molar-refractivity contribution in [1.82, 2.24) is 10.2 Å². The minimum Gasteiger partial charge on any atom is -0.352 e. The minimum atomic E-state index is -4.16. The maximum atomic E-state index is 14.0. The molecule has 40 heavy (non-hydrogen) atoms. The van der Waals surface area contributed by atoms with E-state index in [1.165, 1.54) is 17.0 Å². The molecule has 0 aliphatic carbocycles.